The molecule has 0 N–H and O–H groups in total. The van der Waals surface area contributed by atoms with Gasteiger partial charge in [0.05, 0.1) is 26.1 Å². The first-order valence-corrected chi connectivity index (χ1v) is 10.2. The van der Waals surface area contributed by atoms with Crippen molar-refractivity contribution < 1.29 is 13.9 Å². The minimum Gasteiger partial charge on any atom is -0.493 e. The fourth-order valence-corrected chi connectivity index (χ4v) is 3.79. The number of benzene rings is 1. The number of nitrogens with zero attached hydrogens (tertiary/aromatic N) is 3. The molecule has 1 aromatic carbocycles. The van der Waals surface area contributed by atoms with E-state index in [1.54, 1.807) is 12.4 Å². The van der Waals surface area contributed by atoms with Crippen molar-refractivity contribution in [1.82, 2.24) is 14.3 Å². The molecule has 1 saturated heterocycles. The predicted octanol–water partition coefficient (Wildman–Crippen LogP) is 3.21. The van der Waals surface area contributed by atoms with Gasteiger partial charge < -0.3 is 18.3 Å². The van der Waals surface area contributed by atoms with Gasteiger partial charge in [-0.25, -0.2) is 4.98 Å². The Hall–Kier alpha value is -3.16. The largest absolute Gasteiger partial charge is 0.493 e. The maximum Gasteiger partial charge on any atom is 0.197 e. The van der Waals surface area contributed by atoms with E-state index in [1.165, 1.54) is 6.07 Å². The van der Waals surface area contributed by atoms with Crippen LogP contribution in [-0.2, 0) is 4.74 Å². The smallest absolute Gasteiger partial charge is 0.197 e. The summed E-state index contributed by atoms with van der Waals surface area (Å²) in [4.78, 5) is 19.7. The Morgan fingerprint density at radius 1 is 1.10 bits per heavy atom. The van der Waals surface area contributed by atoms with E-state index in [0.29, 0.717) is 34.8 Å². The molecule has 0 atom stereocenters. The molecule has 7 nitrogen and oxygen atoms in total. The number of rotatable bonds is 6. The van der Waals surface area contributed by atoms with E-state index in [-0.39, 0.29) is 5.43 Å². The third-order valence-electron chi connectivity index (χ3n) is 5.37. The highest BCUT2D eigenvalue weighted by atomic mass is 16.5. The molecule has 4 heterocycles. The van der Waals surface area contributed by atoms with Crippen LogP contribution in [0.25, 0.3) is 27.9 Å². The van der Waals surface area contributed by atoms with Crippen molar-refractivity contribution >= 4 is 16.5 Å². The normalized spacial score (nSPS) is 15.1. The molecule has 3 aromatic heterocycles. The molecule has 154 valence electrons. The lowest BCUT2D eigenvalue weighted by molar-refractivity contribution is 0.0358. The van der Waals surface area contributed by atoms with E-state index in [9.17, 15) is 4.79 Å². The molecule has 30 heavy (non-hydrogen) atoms. The van der Waals surface area contributed by atoms with Gasteiger partial charge in [-0.05, 0) is 36.8 Å². The summed E-state index contributed by atoms with van der Waals surface area (Å²) in [6, 6.07) is 12.8. The van der Waals surface area contributed by atoms with Gasteiger partial charge in [0.25, 0.3) is 0 Å². The SMILES string of the molecule is O=c1cc(-c2cc3cccn3cn2)oc2cccc(OCCCN3CCOCC3)c12. The standard InChI is InChI=1S/C23H23N3O4/c27-19-15-22(18-14-17-4-2-8-26(17)16-24-18)30-21-6-1-5-20(23(19)21)29-11-3-7-25-9-12-28-13-10-25/h1-2,4-6,8,14-16H,3,7,9-13H2. The Labute approximate surface area is 173 Å². The molecule has 4 aromatic rings. The molecule has 0 amide bonds. The van der Waals surface area contributed by atoms with Crippen molar-refractivity contribution in [3.8, 4) is 17.2 Å². The van der Waals surface area contributed by atoms with Crippen molar-refractivity contribution in [2.45, 2.75) is 6.42 Å². The van der Waals surface area contributed by atoms with Crippen molar-refractivity contribution in [2.24, 2.45) is 0 Å². The Kier molecular flexibility index (Phi) is 5.21. The number of aromatic nitrogens is 2. The van der Waals surface area contributed by atoms with E-state index in [0.717, 1.165) is 44.8 Å². The molecule has 0 saturated carbocycles. The molecule has 0 radical (unpaired) electrons. The average molecular weight is 405 g/mol. The summed E-state index contributed by atoms with van der Waals surface area (Å²) >= 11 is 0. The summed E-state index contributed by atoms with van der Waals surface area (Å²) in [6.07, 6.45) is 4.52. The lowest BCUT2D eigenvalue weighted by atomic mass is 10.2. The fourth-order valence-electron chi connectivity index (χ4n) is 3.79. The van der Waals surface area contributed by atoms with Gasteiger partial charge in [-0.3, -0.25) is 9.69 Å². The van der Waals surface area contributed by atoms with Crippen LogP contribution >= 0.6 is 0 Å². The minimum absolute atomic E-state index is 0.132. The van der Waals surface area contributed by atoms with Crippen LogP contribution in [0.2, 0.25) is 0 Å². The number of hydrogen-bond acceptors (Lipinski definition) is 6. The molecular weight excluding hydrogens is 382 g/mol. The monoisotopic (exact) mass is 405 g/mol. The van der Waals surface area contributed by atoms with Gasteiger partial charge >= 0.3 is 0 Å². The highest BCUT2D eigenvalue weighted by Gasteiger charge is 2.14. The summed E-state index contributed by atoms with van der Waals surface area (Å²) in [5, 5.41) is 0.469. The van der Waals surface area contributed by atoms with E-state index in [2.05, 4.69) is 9.88 Å². The third-order valence-corrected chi connectivity index (χ3v) is 5.37. The van der Waals surface area contributed by atoms with Crippen LogP contribution < -0.4 is 10.2 Å². The summed E-state index contributed by atoms with van der Waals surface area (Å²) < 4.78 is 19.2. The molecule has 7 heteroatoms. The first-order valence-electron chi connectivity index (χ1n) is 10.2. The molecule has 0 unspecified atom stereocenters. The van der Waals surface area contributed by atoms with Gasteiger partial charge in [-0.1, -0.05) is 6.07 Å². The molecular formula is C23H23N3O4. The van der Waals surface area contributed by atoms with Gasteiger partial charge in [0, 0.05) is 37.4 Å². The zero-order valence-electron chi connectivity index (χ0n) is 16.6. The predicted molar refractivity (Wildman–Crippen MR) is 114 cm³/mol. The molecule has 1 fully saturated rings. The molecule has 0 aliphatic carbocycles. The Morgan fingerprint density at radius 2 is 2.00 bits per heavy atom. The Morgan fingerprint density at radius 3 is 2.90 bits per heavy atom. The zero-order chi connectivity index (χ0) is 20.3. The maximum atomic E-state index is 12.9. The highest BCUT2D eigenvalue weighted by molar-refractivity contribution is 5.84. The molecule has 0 spiro atoms. The van der Waals surface area contributed by atoms with Crippen LogP contribution in [0.4, 0.5) is 0 Å². The van der Waals surface area contributed by atoms with E-state index in [4.69, 9.17) is 13.9 Å². The number of morpholine rings is 1. The van der Waals surface area contributed by atoms with Crippen molar-refractivity contribution in [2.75, 3.05) is 39.5 Å². The van der Waals surface area contributed by atoms with Crippen LogP contribution in [0.5, 0.6) is 5.75 Å². The second kappa shape index (κ2) is 8.30. The zero-order valence-corrected chi connectivity index (χ0v) is 16.6. The van der Waals surface area contributed by atoms with Gasteiger partial charge in [-0.15, -0.1) is 0 Å². The first-order chi connectivity index (χ1) is 14.8. The van der Waals surface area contributed by atoms with E-state index in [1.807, 2.05) is 40.9 Å². The molecule has 1 aliphatic heterocycles. The topological polar surface area (TPSA) is 69.2 Å². The molecule has 1 aliphatic rings. The lowest BCUT2D eigenvalue weighted by Gasteiger charge is -2.26. The van der Waals surface area contributed by atoms with Gasteiger partial charge in [0.2, 0.25) is 0 Å². The van der Waals surface area contributed by atoms with Crippen LogP contribution in [-0.4, -0.2) is 53.7 Å². The minimum atomic E-state index is -0.132. The number of ether oxygens (including phenoxy) is 2. The van der Waals surface area contributed by atoms with Crippen LogP contribution in [0, 0.1) is 0 Å². The lowest BCUT2D eigenvalue weighted by Crippen LogP contribution is -2.37. The van der Waals surface area contributed by atoms with E-state index < -0.39 is 0 Å². The number of fused-ring (bicyclic) bond motifs is 2. The van der Waals surface area contributed by atoms with Gasteiger partial charge in [-0.2, -0.15) is 0 Å². The maximum absolute atomic E-state index is 12.9. The first kappa shape index (κ1) is 18.8. The number of hydrogen-bond donors (Lipinski definition) is 0. The second-order valence-corrected chi connectivity index (χ2v) is 7.37. The van der Waals surface area contributed by atoms with Gasteiger partial charge in [0.15, 0.2) is 11.2 Å². The molecule has 5 rings (SSSR count). The summed E-state index contributed by atoms with van der Waals surface area (Å²) in [6.45, 7) is 5.01. The van der Waals surface area contributed by atoms with Crippen LogP contribution in [0.15, 0.2) is 64.2 Å². The van der Waals surface area contributed by atoms with Crippen LogP contribution in [0.1, 0.15) is 6.42 Å². The van der Waals surface area contributed by atoms with E-state index >= 15 is 0 Å². The summed E-state index contributed by atoms with van der Waals surface area (Å²) in [7, 11) is 0. The average Bonchev–Trinajstić information content (AvgIpc) is 3.25. The Balaban J connectivity index is 1.36. The highest BCUT2D eigenvalue weighted by Crippen LogP contribution is 2.27. The van der Waals surface area contributed by atoms with Crippen LogP contribution in [0.3, 0.4) is 0 Å². The quantitative estimate of drug-likeness (QED) is 0.459. The molecule has 0 bridgehead atoms. The third kappa shape index (κ3) is 3.81. The fraction of sp³-hybridized carbons (Fsp3) is 0.304. The van der Waals surface area contributed by atoms with Gasteiger partial charge in [0.1, 0.15) is 22.4 Å². The van der Waals surface area contributed by atoms with Crippen molar-refractivity contribution in [3.05, 3.63) is 65.2 Å². The van der Waals surface area contributed by atoms with Crippen molar-refractivity contribution in [1.29, 1.82) is 0 Å². The van der Waals surface area contributed by atoms with Crippen molar-refractivity contribution in [3.63, 3.8) is 0 Å². The second-order valence-electron chi connectivity index (χ2n) is 7.37. The Bertz CT molecular complexity index is 1220. The summed E-state index contributed by atoms with van der Waals surface area (Å²) in [5.74, 6) is 1.01. The summed E-state index contributed by atoms with van der Waals surface area (Å²) in [5.41, 5.74) is 1.98.